The standard InChI is InChI=1S/C17H16N4O2S/c1-21-16(13-6-4-8-18-10-13)19-20-17(21)24-11-15(22)12-5-3-7-14(9-12)23-2/h3-10H,11H2,1-2H3. The average molecular weight is 340 g/mol. The normalized spacial score (nSPS) is 10.6. The van der Waals surface area contributed by atoms with Crippen LogP contribution in [0.25, 0.3) is 11.4 Å². The second-order valence-corrected chi connectivity index (χ2v) is 5.99. The van der Waals surface area contributed by atoms with Gasteiger partial charge in [0.1, 0.15) is 5.75 Å². The van der Waals surface area contributed by atoms with Crippen LogP contribution in [0.2, 0.25) is 0 Å². The predicted octanol–water partition coefficient (Wildman–Crippen LogP) is 2.86. The molecule has 122 valence electrons. The summed E-state index contributed by atoms with van der Waals surface area (Å²) in [5.41, 5.74) is 1.51. The lowest BCUT2D eigenvalue weighted by Gasteiger charge is -2.05. The Morgan fingerprint density at radius 3 is 2.88 bits per heavy atom. The largest absolute Gasteiger partial charge is 0.497 e. The quantitative estimate of drug-likeness (QED) is 0.508. The van der Waals surface area contributed by atoms with Gasteiger partial charge in [-0.15, -0.1) is 10.2 Å². The van der Waals surface area contributed by atoms with Gasteiger partial charge in [-0.2, -0.15) is 0 Å². The SMILES string of the molecule is COc1cccc(C(=O)CSc2nnc(-c3cccnc3)n2C)c1. The van der Waals surface area contributed by atoms with Gasteiger partial charge >= 0.3 is 0 Å². The van der Waals surface area contributed by atoms with E-state index in [1.807, 2.05) is 29.8 Å². The number of nitrogens with zero attached hydrogens (tertiary/aromatic N) is 4. The van der Waals surface area contributed by atoms with E-state index in [1.165, 1.54) is 11.8 Å². The molecule has 0 spiro atoms. The summed E-state index contributed by atoms with van der Waals surface area (Å²) in [4.78, 5) is 16.4. The third-order valence-electron chi connectivity index (χ3n) is 3.48. The monoisotopic (exact) mass is 340 g/mol. The number of rotatable bonds is 6. The maximum absolute atomic E-state index is 12.3. The van der Waals surface area contributed by atoms with E-state index >= 15 is 0 Å². The molecule has 0 aliphatic heterocycles. The summed E-state index contributed by atoms with van der Waals surface area (Å²) in [7, 11) is 3.46. The fraction of sp³-hybridized carbons (Fsp3) is 0.176. The van der Waals surface area contributed by atoms with E-state index < -0.39 is 0 Å². The van der Waals surface area contributed by atoms with Crippen molar-refractivity contribution in [3.63, 3.8) is 0 Å². The molecule has 0 aliphatic carbocycles. The highest BCUT2D eigenvalue weighted by Gasteiger charge is 2.14. The molecular formula is C17H16N4O2S. The molecule has 0 bridgehead atoms. The third-order valence-corrected chi connectivity index (χ3v) is 4.50. The molecule has 3 rings (SSSR count). The van der Waals surface area contributed by atoms with Crippen molar-refractivity contribution in [3.8, 4) is 17.1 Å². The smallest absolute Gasteiger partial charge is 0.191 e. The molecule has 2 heterocycles. The first-order chi connectivity index (χ1) is 11.7. The Kier molecular flexibility index (Phi) is 4.90. The van der Waals surface area contributed by atoms with E-state index in [2.05, 4.69) is 15.2 Å². The molecular weight excluding hydrogens is 324 g/mol. The maximum Gasteiger partial charge on any atom is 0.191 e. The fourth-order valence-corrected chi connectivity index (χ4v) is 3.00. The number of aromatic nitrogens is 4. The summed E-state index contributed by atoms with van der Waals surface area (Å²) in [5.74, 6) is 1.69. The van der Waals surface area contributed by atoms with Gasteiger partial charge in [0.15, 0.2) is 16.8 Å². The van der Waals surface area contributed by atoms with Crippen LogP contribution in [0.5, 0.6) is 5.75 Å². The Hall–Kier alpha value is -2.67. The molecule has 0 aliphatic rings. The molecule has 6 nitrogen and oxygen atoms in total. The molecule has 0 saturated heterocycles. The van der Waals surface area contributed by atoms with Gasteiger partial charge in [0.25, 0.3) is 0 Å². The Morgan fingerprint density at radius 2 is 2.12 bits per heavy atom. The van der Waals surface area contributed by atoms with Gasteiger partial charge in [0, 0.05) is 30.6 Å². The number of hydrogen-bond acceptors (Lipinski definition) is 6. The number of carbonyl (C=O) groups excluding carboxylic acids is 1. The van der Waals surface area contributed by atoms with Crippen molar-refractivity contribution in [1.29, 1.82) is 0 Å². The van der Waals surface area contributed by atoms with Gasteiger partial charge in [0.05, 0.1) is 12.9 Å². The van der Waals surface area contributed by atoms with Crippen LogP contribution in [0.3, 0.4) is 0 Å². The van der Waals surface area contributed by atoms with Gasteiger partial charge < -0.3 is 9.30 Å². The summed E-state index contributed by atoms with van der Waals surface area (Å²) < 4.78 is 7.01. The van der Waals surface area contributed by atoms with E-state index in [1.54, 1.807) is 37.7 Å². The Bertz CT molecular complexity index is 849. The average Bonchev–Trinajstić information content (AvgIpc) is 3.01. The highest BCUT2D eigenvalue weighted by molar-refractivity contribution is 7.99. The lowest BCUT2D eigenvalue weighted by Crippen LogP contribution is -2.04. The first kappa shape index (κ1) is 16.2. The van der Waals surface area contributed by atoms with Crippen molar-refractivity contribution in [3.05, 3.63) is 54.4 Å². The number of pyridine rings is 1. The minimum Gasteiger partial charge on any atom is -0.497 e. The summed E-state index contributed by atoms with van der Waals surface area (Å²) in [6.45, 7) is 0. The molecule has 7 heteroatoms. The van der Waals surface area contributed by atoms with Crippen molar-refractivity contribution >= 4 is 17.5 Å². The van der Waals surface area contributed by atoms with Crippen LogP contribution in [0.15, 0.2) is 53.9 Å². The number of carbonyl (C=O) groups is 1. The minimum atomic E-state index is 0.0184. The molecule has 0 amide bonds. The van der Waals surface area contributed by atoms with Crippen molar-refractivity contribution in [2.45, 2.75) is 5.16 Å². The molecule has 0 unspecified atom stereocenters. The highest BCUT2D eigenvalue weighted by atomic mass is 32.2. The van der Waals surface area contributed by atoms with Crippen molar-refractivity contribution in [2.24, 2.45) is 7.05 Å². The second-order valence-electron chi connectivity index (χ2n) is 5.05. The topological polar surface area (TPSA) is 69.9 Å². The zero-order valence-electron chi connectivity index (χ0n) is 13.3. The number of benzene rings is 1. The van der Waals surface area contributed by atoms with Crippen LogP contribution in [0.1, 0.15) is 10.4 Å². The van der Waals surface area contributed by atoms with Crippen LogP contribution < -0.4 is 4.74 Å². The van der Waals surface area contributed by atoms with Gasteiger partial charge in [-0.05, 0) is 24.3 Å². The minimum absolute atomic E-state index is 0.0184. The van der Waals surface area contributed by atoms with E-state index in [-0.39, 0.29) is 11.5 Å². The van der Waals surface area contributed by atoms with Crippen LogP contribution in [0, 0.1) is 0 Å². The number of Topliss-reactive ketones (excluding diaryl/α,β-unsaturated/α-hetero) is 1. The maximum atomic E-state index is 12.3. The number of methoxy groups -OCH3 is 1. The number of ketones is 1. The summed E-state index contributed by atoms with van der Waals surface area (Å²) in [5, 5.41) is 9.03. The number of hydrogen-bond donors (Lipinski definition) is 0. The summed E-state index contributed by atoms with van der Waals surface area (Å²) >= 11 is 1.36. The second kappa shape index (κ2) is 7.27. The van der Waals surface area contributed by atoms with E-state index in [9.17, 15) is 4.79 Å². The number of ether oxygens (including phenoxy) is 1. The fourth-order valence-electron chi connectivity index (χ4n) is 2.20. The van der Waals surface area contributed by atoms with Gasteiger partial charge in [0.2, 0.25) is 0 Å². The Balaban J connectivity index is 1.71. The predicted molar refractivity (Wildman–Crippen MR) is 92.3 cm³/mol. The summed E-state index contributed by atoms with van der Waals surface area (Å²) in [6.07, 6.45) is 3.45. The van der Waals surface area contributed by atoms with Crippen LogP contribution >= 0.6 is 11.8 Å². The van der Waals surface area contributed by atoms with Gasteiger partial charge in [-0.3, -0.25) is 9.78 Å². The zero-order valence-corrected chi connectivity index (χ0v) is 14.2. The molecule has 0 atom stereocenters. The van der Waals surface area contributed by atoms with E-state index in [0.29, 0.717) is 16.5 Å². The van der Waals surface area contributed by atoms with E-state index in [4.69, 9.17) is 4.74 Å². The molecule has 0 N–H and O–H groups in total. The lowest BCUT2D eigenvalue weighted by molar-refractivity contribution is 0.102. The van der Waals surface area contributed by atoms with Crippen LogP contribution in [-0.2, 0) is 7.05 Å². The third kappa shape index (κ3) is 3.46. The lowest BCUT2D eigenvalue weighted by atomic mass is 10.1. The molecule has 0 fully saturated rings. The molecule has 2 aromatic heterocycles. The van der Waals surface area contributed by atoms with Crippen molar-refractivity contribution in [2.75, 3.05) is 12.9 Å². The first-order valence-corrected chi connectivity index (χ1v) is 8.27. The molecule has 0 radical (unpaired) electrons. The zero-order chi connectivity index (χ0) is 16.9. The van der Waals surface area contributed by atoms with Crippen molar-refractivity contribution in [1.82, 2.24) is 19.7 Å². The van der Waals surface area contributed by atoms with Crippen molar-refractivity contribution < 1.29 is 9.53 Å². The molecule has 3 aromatic rings. The highest BCUT2D eigenvalue weighted by Crippen LogP contribution is 2.23. The van der Waals surface area contributed by atoms with Gasteiger partial charge in [-0.1, -0.05) is 23.9 Å². The van der Waals surface area contributed by atoms with E-state index in [0.717, 1.165) is 11.4 Å². The van der Waals surface area contributed by atoms with Crippen LogP contribution in [0.4, 0.5) is 0 Å². The molecule has 0 saturated carbocycles. The number of thioether (sulfide) groups is 1. The summed E-state index contributed by atoms with van der Waals surface area (Å²) in [6, 6.07) is 10.9. The Labute approximate surface area is 143 Å². The van der Waals surface area contributed by atoms with Gasteiger partial charge in [-0.25, -0.2) is 0 Å². The first-order valence-electron chi connectivity index (χ1n) is 7.29. The van der Waals surface area contributed by atoms with Crippen LogP contribution in [-0.4, -0.2) is 38.4 Å². The molecule has 1 aromatic carbocycles. The Morgan fingerprint density at radius 1 is 1.25 bits per heavy atom. The molecule has 24 heavy (non-hydrogen) atoms.